The van der Waals surface area contributed by atoms with Crippen molar-refractivity contribution in [2.24, 2.45) is 10.7 Å². The molecule has 0 saturated heterocycles. The fourth-order valence-electron chi connectivity index (χ4n) is 2.05. The molecule has 0 aromatic heterocycles. The van der Waals surface area contributed by atoms with Crippen molar-refractivity contribution in [1.82, 2.24) is 5.32 Å². The third-order valence-electron chi connectivity index (χ3n) is 3.15. The Kier molecular flexibility index (Phi) is 6.97. The van der Waals surface area contributed by atoms with Crippen LogP contribution in [0.25, 0.3) is 0 Å². The van der Waals surface area contributed by atoms with Gasteiger partial charge >= 0.3 is 0 Å². The lowest BCUT2D eigenvalue weighted by atomic mass is 10.2. The molecule has 0 saturated carbocycles. The number of rotatable bonds is 7. The van der Waals surface area contributed by atoms with Crippen molar-refractivity contribution in [3.8, 4) is 0 Å². The summed E-state index contributed by atoms with van der Waals surface area (Å²) in [6, 6.07) is 18.9. The molecule has 0 spiro atoms. The van der Waals surface area contributed by atoms with Gasteiger partial charge in [-0.3, -0.25) is 0 Å². The average molecular weight is 329 g/mol. The lowest BCUT2D eigenvalue weighted by Crippen LogP contribution is -2.40. The molecule has 0 fully saturated rings. The van der Waals surface area contributed by atoms with E-state index in [0.717, 1.165) is 5.56 Å². The van der Waals surface area contributed by atoms with E-state index in [1.807, 2.05) is 25.1 Å². The van der Waals surface area contributed by atoms with Gasteiger partial charge in [-0.2, -0.15) is 0 Å². The predicted molar refractivity (Wildman–Crippen MR) is 96.8 cm³/mol. The first kappa shape index (κ1) is 17.4. The lowest BCUT2D eigenvalue weighted by Gasteiger charge is -2.13. The van der Waals surface area contributed by atoms with Gasteiger partial charge < -0.3 is 15.8 Å². The van der Waals surface area contributed by atoms with Gasteiger partial charge in [-0.25, -0.2) is 4.99 Å². The molecule has 122 valence electrons. The van der Waals surface area contributed by atoms with Crippen LogP contribution in [0.4, 0.5) is 0 Å². The monoisotopic (exact) mass is 329 g/mol. The predicted octanol–water partition coefficient (Wildman–Crippen LogP) is 3.28. The summed E-state index contributed by atoms with van der Waals surface area (Å²) in [4.78, 5) is 6.80. The summed E-state index contributed by atoms with van der Waals surface area (Å²) in [5.41, 5.74) is 7.00. The first-order chi connectivity index (χ1) is 11.2. The van der Waals surface area contributed by atoms with E-state index in [-0.39, 0.29) is 6.04 Å². The van der Waals surface area contributed by atoms with E-state index in [0.29, 0.717) is 19.1 Å². The number of nitrogens with two attached hydrogens (primary N) is 1. The maximum absolute atomic E-state index is 5.86. The molecule has 0 aliphatic heterocycles. The van der Waals surface area contributed by atoms with Gasteiger partial charge in [-0.15, -0.1) is 0 Å². The van der Waals surface area contributed by atoms with Gasteiger partial charge in [0.1, 0.15) is 0 Å². The van der Waals surface area contributed by atoms with E-state index in [4.69, 9.17) is 10.5 Å². The largest absolute Gasteiger partial charge is 0.383 e. The van der Waals surface area contributed by atoms with Crippen molar-refractivity contribution >= 4 is 17.7 Å². The number of aliphatic imine (C=N–C) groups is 1. The van der Waals surface area contributed by atoms with Gasteiger partial charge in [0.25, 0.3) is 0 Å². The van der Waals surface area contributed by atoms with Crippen LogP contribution in [0.1, 0.15) is 12.5 Å². The standard InChI is InChI=1S/C18H23N3OS/c1-14(13-22-2)21-18(19)20-12-15-8-10-17(11-9-15)23-16-6-4-3-5-7-16/h3-11,14H,12-13H2,1-2H3,(H3,19,20,21). The maximum atomic E-state index is 5.86. The zero-order valence-corrected chi connectivity index (χ0v) is 14.3. The number of benzene rings is 2. The summed E-state index contributed by atoms with van der Waals surface area (Å²) in [6.45, 7) is 3.16. The Bertz CT molecular complexity index is 614. The highest BCUT2D eigenvalue weighted by Crippen LogP contribution is 2.27. The second-order valence-corrected chi connectivity index (χ2v) is 6.41. The molecule has 2 rings (SSSR count). The molecular formula is C18H23N3OS. The highest BCUT2D eigenvalue weighted by Gasteiger charge is 2.02. The second kappa shape index (κ2) is 9.22. The Labute approximate surface area is 142 Å². The Morgan fingerprint density at radius 3 is 2.43 bits per heavy atom. The van der Waals surface area contributed by atoms with E-state index in [1.165, 1.54) is 9.79 Å². The van der Waals surface area contributed by atoms with E-state index in [2.05, 4.69) is 46.7 Å². The van der Waals surface area contributed by atoms with Gasteiger partial charge in [-0.1, -0.05) is 42.1 Å². The van der Waals surface area contributed by atoms with Gasteiger partial charge in [-0.05, 0) is 36.8 Å². The van der Waals surface area contributed by atoms with E-state index in [1.54, 1.807) is 18.9 Å². The molecule has 0 amide bonds. The molecule has 1 unspecified atom stereocenters. The third-order valence-corrected chi connectivity index (χ3v) is 4.16. The number of nitrogens with one attached hydrogen (secondary N) is 1. The summed E-state index contributed by atoms with van der Waals surface area (Å²) < 4.78 is 5.05. The SMILES string of the molecule is COCC(C)NC(N)=NCc1ccc(Sc2ccccc2)cc1. The van der Waals surface area contributed by atoms with Crippen molar-refractivity contribution in [2.75, 3.05) is 13.7 Å². The molecule has 0 aliphatic carbocycles. The maximum Gasteiger partial charge on any atom is 0.189 e. The van der Waals surface area contributed by atoms with Gasteiger partial charge in [0.15, 0.2) is 5.96 Å². The molecule has 1 atom stereocenters. The van der Waals surface area contributed by atoms with Crippen LogP contribution in [0.3, 0.4) is 0 Å². The summed E-state index contributed by atoms with van der Waals surface area (Å²) >= 11 is 1.75. The molecular weight excluding hydrogens is 306 g/mol. The Morgan fingerprint density at radius 1 is 1.13 bits per heavy atom. The topological polar surface area (TPSA) is 59.6 Å². The smallest absolute Gasteiger partial charge is 0.189 e. The molecule has 0 bridgehead atoms. The molecule has 0 aliphatic rings. The molecule has 2 aromatic rings. The van der Waals surface area contributed by atoms with Crippen LogP contribution < -0.4 is 11.1 Å². The number of guanidine groups is 1. The zero-order chi connectivity index (χ0) is 16.5. The van der Waals surface area contributed by atoms with Crippen molar-refractivity contribution in [2.45, 2.75) is 29.3 Å². The fraction of sp³-hybridized carbons (Fsp3) is 0.278. The zero-order valence-electron chi connectivity index (χ0n) is 13.5. The molecule has 23 heavy (non-hydrogen) atoms. The first-order valence-electron chi connectivity index (χ1n) is 7.54. The molecule has 4 nitrogen and oxygen atoms in total. The number of hydrogen-bond acceptors (Lipinski definition) is 3. The molecule has 5 heteroatoms. The molecule has 3 N–H and O–H groups in total. The van der Waals surface area contributed by atoms with Gasteiger partial charge in [0.2, 0.25) is 0 Å². The van der Waals surface area contributed by atoms with Crippen molar-refractivity contribution in [3.05, 3.63) is 60.2 Å². The summed E-state index contributed by atoms with van der Waals surface area (Å²) in [5.74, 6) is 0.442. The summed E-state index contributed by atoms with van der Waals surface area (Å²) in [5, 5.41) is 3.09. The minimum absolute atomic E-state index is 0.147. The van der Waals surface area contributed by atoms with Crippen molar-refractivity contribution in [3.63, 3.8) is 0 Å². The third kappa shape index (κ3) is 6.34. The van der Waals surface area contributed by atoms with Crippen molar-refractivity contribution in [1.29, 1.82) is 0 Å². The summed E-state index contributed by atoms with van der Waals surface area (Å²) in [7, 11) is 1.67. The van der Waals surface area contributed by atoms with Crippen LogP contribution in [0, 0.1) is 0 Å². The second-order valence-electron chi connectivity index (χ2n) is 5.26. The fourth-order valence-corrected chi connectivity index (χ4v) is 2.89. The lowest BCUT2D eigenvalue weighted by molar-refractivity contribution is 0.179. The normalized spacial score (nSPS) is 12.9. The van der Waals surface area contributed by atoms with E-state index < -0.39 is 0 Å². The van der Waals surface area contributed by atoms with Crippen LogP contribution >= 0.6 is 11.8 Å². The van der Waals surface area contributed by atoms with Crippen LogP contribution in [0.2, 0.25) is 0 Å². The van der Waals surface area contributed by atoms with E-state index >= 15 is 0 Å². The average Bonchev–Trinajstić information content (AvgIpc) is 2.55. The summed E-state index contributed by atoms with van der Waals surface area (Å²) in [6.07, 6.45) is 0. The molecule has 2 aromatic carbocycles. The highest BCUT2D eigenvalue weighted by atomic mass is 32.2. The van der Waals surface area contributed by atoms with Crippen LogP contribution in [0.5, 0.6) is 0 Å². The van der Waals surface area contributed by atoms with Crippen LogP contribution in [0.15, 0.2) is 69.4 Å². The Balaban J connectivity index is 1.87. The van der Waals surface area contributed by atoms with Crippen LogP contribution in [-0.4, -0.2) is 25.7 Å². The van der Waals surface area contributed by atoms with Crippen molar-refractivity contribution < 1.29 is 4.74 Å². The van der Waals surface area contributed by atoms with Gasteiger partial charge in [0, 0.05) is 22.9 Å². The number of nitrogens with zero attached hydrogens (tertiary/aromatic N) is 1. The first-order valence-corrected chi connectivity index (χ1v) is 8.36. The number of ether oxygens (including phenoxy) is 1. The minimum atomic E-state index is 0.147. The van der Waals surface area contributed by atoms with E-state index in [9.17, 15) is 0 Å². The van der Waals surface area contributed by atoms with Gasteiger partial charge in [0.05, 0.1) is 13.2 Å². The quantitative estimate of drug-likeness (QED) is 0.604. The van der Waals surface area contributed by atoms with Crippen LogP contribution in [-0.2, 0) is 11.3 Å². The molecule has 0 radical (unpaired) electrons. The number of hydrogen-bond donors (Lipinski definition) is 2. The Hall–Kier alpha value is -1.98. The minimum Gasteiger partial charge on any atom is -0.383 e. The number of methoxy groups -OCH3 is 1. The Morgan fingerprint density at radius 2 is 1.78 bits per heavy atom. The molecule has 0 heterocycles. The highest BCUT2D eigenvalue weighted by molar-refractivity contribution is 7.99.